The van der Waals surface area contributed by atoms with Crippen LogP contribution in [-0.2, 0) is 0 Å². The molecular weight excluding hydrogens is 184 g/mol. The van der Waals surface area contributed by atoms with Crippen molar-refractivity contribution in [2.24, 2.45) is 0 Å². The number of aromatic nitrogens is 1. The first kappa shape index (κ1) is 9.97. The second kappa shape index (κ2) is 3.89. The Morgan fingerprint density at radius 1 is 1.20 bits per heavy atom. The lowest BCUT2D eigenvalue weighted by atomic mass is 10.1. The molecule has 0 aliphatic rings. The Hall–Kier alpha value is -1.57. The minimum absolute atomic E-state index is 0.440. The van der Waals surface area contributed by atoms with Gasteiger partial charge in [0.15, 0.2) is 0 Å². The highest BCUT2D eigenvalue weighted by Crippen LogP contribution is 2.23. The van der Waals surface area contributed by atoms with Gasteiger partial charge in [0.05, 0.1) is 5.52 Å². The van der Waals surface area contributed by atoms with E-state index in [0.29, 0.717) is 6.04 Å². The summed E-state index contributed by atoms with van der Waals surface area (Å²) in [4.78, 5) is 4.50. The molecule has 0 spiro atoms. The van der Waals surface area contributed by atoms with Gasteiger partial charge in [0.2, 0.25) is 0 Å². The number of hydrogen-bond acceptors (Lipinski definition) is 2. The normalized spacial score (nSPS) is 10.9. The maximum absolute atomic E-state index is 4.50. The van der Waals surface area contributed by atoms with Crippen molar-refractivity contribution in [1.82, 2.24) is 4.98 Å². The summed E-state index contributed by atoms with van der Waals surface area (Å²) < 4.78 is 0. The molecule has 15 heavy (non-hydrogen) atoms. The van der Waals surface area contributed by atoms with Gasteiger partial charge < -0.3 is 5.32 Å². The van der Waals surface area contributed by atoms with Crippen molar-refractivity contribution in [2.75, 3.05) is 5.32 Å². The molecule has 0 aliphatic carbocycles. The van der Waals surface area contributed by atoms with Gasteiger partial charge >= 0.3 is 0 Å². The molecule has 0 aliphatic heterocycles. The molecule has 0 unspecified atom stereocenters. The number of para-hydroxylation sites is 1. The first-order chi connectivity index (χ1) is 7.16. The van der Waals surface area contributed by atoms with E-state index < -0.39 is 0 Å². The Morgan fingerprint density at radius 3 is 2.67 bits per heavy atom. The van der Waals surface area contributed by atoms with E-state index in [-0.39, 0.29) is 0 Å². The number of hydrogen-bond donors (Lipinski definition) is 1. The van der Waals surface area contributed by atoms with E-state index in [1.54, 1.807) is 0 Å². The first-order valence-corrected chi connectivity index (χ1v) is 5.30. The lowest BCUT2D eigenvalue weighted by Crippen LogP contribution is -2.10. The molecule has 78 valence electrons. The van der Waals surface area contributed by atoms with E-state index in [0.717, 1.165) is 11.2 Å². The average molecular weight is 200 g/mol. The van der Waals surface area contributed by atoms with Gasteiger partial charge in [-0.2, -0.15) is 0 Å². The average Bonchev–Trinajstić information content (AvgIpc) is 2.16. The largest absolute Gasteiger partial charge is 0.382 e. The van der Waals surface area contributed by atoms with Gasteiger partial charge in [-0.05, 0) is 32.9 Å². The number of nitrogens with zero attached hydrogens (tertiary/aromatic N) is 1. The van der Waals surface area contributed by atoms with E-state index in [1.807, 2.05) is 25.1 Å². The molecule has 2 aromatic rings. The standard InChI is InChI=1S/C13H16N2/c1-9(2)14-13-8-10(3)15-12-7-5-4-6-11(12)13/h4-9H,1-3H3,(H,14,15). The molecule has 1 aromatic heterocycles. The number of anilines is 1. The maximum Gasteiger partial charge on any atom is 0.0725 e. The fourth-order valence-electron chi connectivity index (χ4n) is 1.74. The van der Waals surface area contributed by atoms with Crippen molar-refractivity contribution < 1.29 is 0 Å². The monoisotopic (exact) mass is 200 g/mol. The summed E-state index contributed by atoms with van der Waals surface area (Å²) in [6, 6.07) is 10.8. The lowest BCUT2D eigenvalue weighted by Gasteiger charge is -2.13. The number of rotatable bonds is 2. The molecule has 2 rings (SSSR count). The lowest BCUT2D eigenvalue weighted by molar-refractivity contribution is 0.901. The van der Waals surface area contributed by atoms with Gasteiger partial charge in [0.25, 0.3) is 0 Å². The third-order valence-electron chi connectivity index (χ3n) is 2.29. The Bertz CT molecular complexity index is 475. The highest BCUT2D eigenvalue weighted by Gasteiger charge is 2.03. The summed E-state index contributed by atoms with van der Waals surface area (Å²) in [7, 11) is 0. The van der Waals surface area contributed by atoms with Crippen LogP contribution in [0.2, 0.25) is 0 Å². The van der Waals surface area contributed by atoms with E-state index in [2.05, 4.69) is 36.3 Å². The van der Waals surface area contributed by atoms with E-state index in [9.17, 15) is 0 Å². The van der Waals surface area contributed by atoms with Crippen molar-refractivity contribution in [1.29, 1.82) is 0 Å². The second-order valence-corrected chi connectivity index (χ2v) is 4.13. The number of aryl methyl sites for hydroxylation is 1. The van der Waals surface area contributed by atoms with Crippen LogP contribution in [-0.4, -0.2) is 11.0 Å². The van der Waals surface area contributed by atoms with Crippen LogP contribution in [0.25, 0.3) is 10.9 Å². The predicted octanol–water partition coefficient (Wildman–Crippen LogP) is 3.36. The van der Waals surface area contributed by atoms with Crippen LogP contribution in [0, 0.1) is 6.92 Å². The Kier molecular flexibility index (Phi) is 2.58. The van der Waals surface area contributed by atoms with E-state index >= 15 is 0 Å². The Labute approximate surface area is 90.3 Å². The molecule has 0 fully saturated rings. The fraction of sp³-hybridized carbons (Fsp3) is 0.308. The van der Waals surface area contributed by atoms with Crippen molar-refractivity contribution >= 4 is 16.6 Å². The smallest absolute Gasteiger partial charge is 0.0725 e. The van der Waals surface area contributed by atoms with Gasteiger partial charge in [-0.3, -0.25) is 4.98 Å². The molecule has 2 nitrogen and oxygen atoms in total. The molecule has 1 N–H and O–H groups in total. The number of pyridine rings is 1. The topological polar surface area (TPSA) is 24.9 Å². The highest BCUT2D eigenvalue weighted by atomic mass is 14.9. The van der Waals surface area contributed by atoms with Gasteiger partial charge in [0, 0.05) is 22.8 Å². The zero-order chi connectivity index (χ0) is 10.8. The molecule has 0 amide bonds. The van der Waals surface area contributed by atoms with Crippen molar-refractivity contribution in [2.45, 2.75) is 26.8 Å². The summed E-state index contributed by atoms with van der Waals surface area (Å²) in [5.74, 6) is 0. The van der Waals surface area contributed by atoms with E-state index in [1.165, 1.54) is 11.1 Å². The van der Waals surface area contributed by atoms with Crippen LogP contribution in [0.4, 0.5) is 5.69 Å². The van der Waals surface area contributed by atoms with Crippen LogP contribution in [0.15, 0.2) is 30.3 Å². The van der Waals surface area contributed by atoms with Gasteiger partial charge in [-0.15, -0.1) is 0 Å². The molecule has 0 saturated carbocycles. The Balaban J connectivity index is 2.60. The third-order valence-corrected chi connectivity index (χ3v) is 2.29. The minimum atomic E-state index is 0.440. The zero-order valence-electron chi connectivity index (χ0n) is 9.41. The molecular formula is C13H16N2. The molecule has 0 radical (unpaired) electrons. The van der Waals surface area contributed by atoms with Crippen LogP contribution in [0.5, 0.6) is 0 Å². The summed E-state index contributed by atoms with van der Waals surface area (Å²) in [6.45, 7) is 6.31. The zero-order valence-corrected chi connectivity index (χ0v) is 9.41. The summed E-state index contributed by atoms with van der Waals surface area (Å²) in [5, 5.41) is 4.64. The molecule has 0 bridgehead atoms. The second-order valence-electron chi connectivity index (χ2n) is 4.13. The van der Waals surface area contributed by atoms with Crippen LogP contribution in [0.3, 0.4) is 0 Å². The molecule has 1 heterocycles. The van der Waals surface area contributed by atoms with Gasteiger partial charge in [0.1, 0.15) is 0 Å². The Morgan fingerprint density at radius 2 is 1.93 bits per heavy atom. The minimum Gasteiger partial charge on any atom is -0.382 e. The van der Waals surface area contributed by atoms with Crippen molar-refractivity contribution in [3.63, 3.8) is 0 Å². The molecule has 0 saturated heterocycles. The summed E-state index contributed by atoms with van der Waals surface area (Å²) >= 11 is 0. The maximum atomic E-state index is 4.50. The SMILES string of the molecule is Cc1cc(NC(C)C)c2ccccc2n1. The number of nitrogens with one attached hydrogen (secondary N) is 1. The van der Waals surface area contributed by atoms with Crippen LogP contribution >= 0.6 is 0 Å². The number of fused-ring (bicyclic) bond motifs is 1. The summed E-state index contributed by atoms with van der Waals surface area (Å²) in [6.07, 6.45) is 0. The number of benzene rings is 1. The molecule has 0 atom stereocenters. The fourth-order valence-corrected chi connectivity index (χ4v) is 1.74. The predicted molar refractivity (Wildman–Crippen MR) is 65.2 cm³/mol. The highest BCUT2D eigenvalue weighted by molar-refractivity contribution is 5.91. The van der Waals surface area contributed by atoms with Gasteiger partial charge in [-0.1, -0.05) is 18.2 Å². The van der Waals surface area contributed by atoms with Crippen LogP contribution in [0.1, 0.15) is 19.5 Å². The van der Waals surface area contributed by atoms with Crippen molar-refractivity contribution in [3.8, 4) is 0 Å². The summed E-state index contributed by atoms with van der Waals surface area (Å²) in [5.41, 5.74) is 3.28. The van der Waals surface area contributed by atoms with E-state index in [4.69, 9.17) is 0 Å². The molecule has 1 aromatic carbocycles. The third kappa shape index (κ3) is 2.09. The molecule has 2 heteroatoms. The van der Waals surface area contributed by atoms with Gasteiger partial charge in [-0.25, -0.2) is 0 Å². The first-order valence-electron chi connectivity index (χ1n) is 5.30. The van der Waals surface area contributed by atoms with Crippen molar-refractivity contribution in [3.05, 3.63) is 36.0 Å². The quantitative estimate of drug-likeness (QED) is 0.804. The van der Waals surface area contributed by atoms with Crippen LogP contribution < -0.4 is 5.32 Å².